The summed E-state index contributed by atoms with van der Waals surface area (Å²) in [4.78, 5) is 15.2. The highest BCUT2D eigenvalue weighted by Crippen LogP contribution is 2.43. The van der Waals surface area contributed by atoms with Gasteiger partial charge in [-0.1, -0.05) is 36.4 Å². The number of nitrogens with zero attached hydrogens (tertiary/aromatic N) is 2. The van der Waals surface area contributed by atoms with E-state index in [9.17, 15) is 20.4 Å². The molecule has 10 heteroatoms. The van der Waals surface area contributed by atoms with E-state index in [4.69, 9.17) is 9.47 Å². The highest BCUT2D eigenvalue weighted by Gasteiger charge is 2.18. The minimum atomic E-state index is -0.00124. The van der Waals surface area contributed by atoms with E-state index >= 15 is 0 Å². The number of benzene rings is 4. The molecular weight excluding hydrogens is 632 g/mol. The molecule has 0 fully saturated rings. The summed E-state index contributed by atoms with van der Waals surface area (Å²) in [6.07, 6.45) is 7.11. The molecule has 0 saturated carbocycles. The number of pyridine rings is 2. The molecule has 0 saturated heterocycles. The Morgan fingerprint density at radius 3 is 1.40 bits per heavy atom. The van der Waals surface area contributed by atoms with Gasteiger partial charge in [0.15, 0.2) is 0 Å². The predicted octanol–water partition coefficient (Wildman–Crippen LogP) is 8.63. The minimum absolute atomic E-state index is 0.00124. The van der Waals surface area contributed by atoms with Crippen LogP contribution in [0.3, 0.4) is 0 Å². The number of phenolic OH excluding ortho intramolecular Hbond substituents is 4. The molecule has 0 aliphatic rings. The van der Waals surface area contributed by atoms with Crippen molar-refractivity contribution >= 4 is 22.1 Å². The van der Waals surface area contributed by atoms with Crippen LogP contribution in [-0.2, 0) is 0 Å². The molecule has 0 aliphatic heterocycles. The van der Waals surface area contributed by atoms with Crippen LogP contribution < -0.4 is 9.47 Å². The second-order valence-electron chi connectivity index (χ2n) is 11.5. The SMILES string of the molecule is COc1cccc(OC)c1-c1c[nH]c2ncc(-c3cccc(O)c3)cc12.Oc1cccc(-c2cnc3[nH]cc(-c4c(O)cccc4O)c3c2)c1. The molecule has 8 aromatic rings. The van der Waals surface area contributed by atoms with Gasteiger partial charge in [-0.05, 0) is 71.8 Å². The normalized spacial score (nSPS) is 10.9. The lowest BCUT2D eigenvalue weighted by Gasteiger charge is -2.12. The van der Waals surface area contributed by atoms with Crippen LogP contribution in [0.4, 0.5) is 0 Å². The average Bonchev–Trinajstić information content (AvgIpc) is 3.75. The summed E-state index contributed by atoms with van der Waals surface area (Å²) in [5, 5.41) is 41.4. The summed E-state index contributed by atoms with van der Waals surface area (Å²) >= 11 is 0. The topological polar surface area (TPSA) is 157 Å². The molecule has 0 amide bonds. The number of hydrogen-bond acceptors (Lipinski definition) is 8. The lowest BCUT2D eigenvalue weighted by Crippen LogP contribution is -1.92. The van der Waals surface area contributed by atoms with Gasteiger partial charge in [0.25, 0.3) is 0 Å². The molecular formula is C40H32N4O6. The van der Waals surface area contributed by atoms with Gasteiger partial charge in [0, 0.05) is 57.8 Å². The maximum atomic E-state index is 10.1. The summed E-state index contributed by atoms with van der Waals surface area (Å²) in [5.41, 5.74) is 7.75. The van der Waals surface area contributed by atoms with Crippen LogP contribution in [0, 0.1) is 0 Å². The van der Waals surface area contributed by atoms with Crippen molar-refractivity contribution in [2.45, 2.75) is 0 Å². The molecule has 10 nitrogen and oxygen atoms in total. The standard InChI is InChI=1S/C21H18N2O3.C19H14N2O3/c1-25-18-7-4-8-19(26-2)20(18)17-12-23-21-16(17)10-14(11-22-21)13-5-3-6-15(24)9-13;22-13-4-1-3-11(7-13)12-8-14-15(10-21-19(14)20-9-12)18-16(23)5-2-6-17(18)24/h3-12,24H,1-2H3,(H,22,23);1-10,22-24H,(H,20,21). The molecule has 248 valence electrons. The largest absolute Gasteiger partial charge is 0.508 e. The number of H-pyrrole nitrogens is 2. The third-order valence-electron chi connectivity index (χ3n) is 8.41. The number of aromatic nitrogens is 4. The Labute approximate surface area is 286 Å². The number of aromatic amines is 2. The second kappa shape index (κ2) is 13.3. The van der Waals surface area contributed by atoms with E-state index < -0.39 is 0 Å². The summed E-state index contributed by atoms with van der Waals surface area (Å²) in [7, 11) is 3.28. The molecule has 4 aromatic heterocycles. The molecule has 0 radical (unpaired) electrons. The van der Waals surface area contributed by atoms with E-state index in [0.29, 0.717) is 16.8 Å². The van der Waals surface area contributed by atoms with Crippen LogP contribution in [0.1, 0.15) is 0 Å². The van der Waals surface area contributed by atoms with Gasteiger partial charge in [-0.3, -0.25) is 0 Å². The summed E-state index contributed by atoms with van der Waals surface area (Å²) < 4.78 is 11.1. The van der Waals surface area contributed by atoms with Crippen LogP contribution in [0.25, 0.3) is 66.6 Å². The first-order chi connectivity index (χ1) is 24.3. The van der Waals surface area contributed by atoms with E-state index in [-0.39, 0.29) is 23.0 Å². The highest BCUT2D eigenvalue weighted by atomic mass is 16.5. The predicted molar refractivity (Wildman–Crippen MR) is 194 cm³/mol. The van der Waals surface area contributed by atoms with E-state index in [1.54, 1.807) is 69.2 Å². The van der Waals surface area contributed by atoms with Gasteiger partial charge in [-0.25, -0.2) is 9.97 Å². The van der Waals surface area contributed by atoms with Crippen molar-refractivity contribution in [2.75, 3.05) is 14.2 Å². The Balaban J connectivity index is 0.000000157. The first-order valence-electron chi connectivity index (χ1n) is 15.6. The quantitative estimate of drug-likeness (QED) is 0.103. The first-order valence-corrected chi connectivity index (χ1v) is 15.6. The number of fused-ring (bicyclic) bond motifs is 2. The van der Waals surface area contributed by atoms with E-state index in [1.807, 2.05) is 48.7 Å². The van der Waals surface area contributed by atoms with Crippen LogP contribution in [-0.4, -0.2) is 54.6 Å². The lowest BCUT2D eigenvalue weighted by molar-refractivity contribution is 0.397. The maximum absolute atomic E-state index is 10.1. The highest BCUT2D eigenvalue weighted by molar-refractivity contribution is 6.00. The van der Waals surface area contributed by atoms with Gasteiger partial charge in [0.1, 0.15) is 45.8 Å². The monoisotopic (exact) mass is 664 g/mol. The van der Waals surface area contributed by atoms with E-state index in [1.165, 1.54) is 12.1 Å². The molecule has 0 aliphatic carbocycles. The summed E-state index contributed by atoms with van der Waals surface area (Å²) in [5.74, 6) is 1.86. The third kappa shape index (κ3) is 5.97. The Bertz CT molecular complexity index is 2440. The summed E-state index contributed by atoms with van der Waals surface area (Å²) in [6, 6.07) is 28.4. The van der Waals surface area contributed by atoms with Gasteiger partial charge in [0.2, 0.25) is 0 Å². The molecule has 50 heavy (non-hydrogen) atoms. The molecule has 0 bridgehead atoms. The van der Waals surface area contributed by atoms with Crippen LogP contribution >= 0.6 is 0 Å². The van der Waals surface area contributed by atoms with E-state index in [0.717, 1.165) is 61.3 Å². The van der Waals surface area contributed by atoms with Gasteiger partial charge >= 0.3 is 0 Å². The molecule has 0 unspecified atom stereocenters. The molecule has 0 atom stereocenters. The number of nitrogens with one attached hydrogen (secondary N) is 2. The molecule has 0 spiro atoms. The Morgan fingerprint density at radius 2 is 0.940 bits per heavy atom. The average molecular weight is 665 g/mol. The van der Waals surface area contributed by atoms with Crippen LogP contribution in [0.15, 0.2) is 122 Å². The van der Waals surface area contributed by atoms with Crippen molar-refractivity contribution in [1.29, 1.82) is 0 Å². The maximum Gasteiger partial charge on any atom is 0.137 e. The van der Waals surface area contributed by atoms with Crippen molar-refractivity contribution in [2.24, 2.45) is 0 Å². The Kier molecular flexibility index (Phi) is 8.41. The smallest absolute Gasteiger partial charge is 0.137 e. The fourth-order valence-corrected chi connectivity index (χ4v) is 6.03. The van der Waals surface area contributed by atoms with Gasteiger partial charge in [-0.15, -0.1) is 0 Å². The Hall–Kier alpha value is -6.94. The lowest BCUT2D eigenvalue weighted by atomic mass is 10.0. The van der Waals surface area contributed by atoms with Gasteiger partial charge in [-0.2, -0.15) is 0 Å². The fourth-order valence-electron chi connectivity index (χ4n) is 6.03. The van der Waals surface area contributed by atoms with Gasteiger partial charge in [0.05, 0.1) is 25.3 Å². The number of phenols is 4. The van der Waals surface area contributed by atoms with Crippen molar-refractivity contribution in [3.63, 3.8) is 0 Å². The van der Waals surface area contributed by atoms with Crippen molar-refractivity contribution in [3.8, 4) is 79.0 Å². The third-order valence-corrected chi connectivity index (χ3v) is 8.41. The molecule has 8 rings (SSSR count). The van der Waals surface area contributed by atoms with Crippen LogP contribution in [0.5, 0.6) is 34.5 Å². The van der Waals surface area contributed by atoms with Crippen molar-refractivity contribution < 1.29 is 29.9 Å². The van der Waals surface area contributed by atoms with Gasteiger partial charge < -0.3 is 39.9 Å². The van der Waals surface area contributed by atoms with Crippen molar-refractivity contribution in [3.05, 3.63) is 122 Å². The number of rotatable bonds is 6. The number of methoxy groups -OCH3 is 2. The zero-order valence-electron chi connectivity index (χ0n) is 27.0. The summed E-state index contributed by atoms with van der Waals surface area (Å²) in [6.45, 7) is 0. The minimum Gasteiger partial charge on any atom is -0.508 e. The Morgan fingerprint density at radius 1 is 0.500 bits per heavy atom. The molecule has 6 N–H and O–H groups in total. The van der Waals surface area contributed by atoms with Crippen LogP contribution in [0.2, 0.25) is 0 Å². The number of aromatic hydroxyl groups is 4. The van der Waals surface area contributed by atoms with E-state index in [2.05, 4.69) is 26.0 Å². The zero-order valence-corrected chi connectivity index (χ0v) is 27.0. The first kappa shape index (κ1) is 31.6. The second-order valence-corrected chi connectivity index (χ2v) is 11.5. The number of ether oxygens (including phenoxy) is 2. The van der Waals surface area contributed by atoms with Crippen molar-refractivity contribution in [1.82, 2.24) is 19.9 Å². The fraction of sp³-hybridized carbons (Fsp3) is 0.0500. The zero-order chi connectivity index (χ0) is 34.8. The molecule has 4 aromatic carbocycles. The molecule has 4 heterocycles. The number of hydrogen-bond donors (Lipinski definition) is 6.